The lowest BCUT2D eigenvalue weighted by atomic mass is 10.2. The first-order valence-corrected chi connectivity index (χ1v) is 6.32. The second-order valence-corrected chi connectivity index (χ2v) is 4.54. The van der Waals surface area contributed by atoms with Crippen molar-refractivity contribution in [2.75, 3.05) is 26.3 Å². The van der Waals surface area contributed by atoms with Crippen LogP contribution in [-0.2, 0) is 15.9 Å². The Labute approximate surface area is 103 Å². The van der Waals surface area contributed by atoms with E-state index in [1.165, 1.54) is 5.56 Å². The van der Waals surface area contributed by atoms with E-state index in [4.69, 9.17) is 9.47 Å². The number of benzene rings is 1. The Bertz CT molecular complexity index is 315. The minimum Gasteiger partial charge on any atom is -0.378 e. The van der Waals surface area contributed by atoms with E-state index < -0.39 is 0 Å². The molecular weight excluding hydrogens is 214 g/mol. The van der Waals surface area contributed by atoms with Crippen LogP contribution in [0.4, 0.5) is 0 Å². The smallest absolute Gasteiger partial charge is 0.0936 e. The second-order valence-electron chi connectivity index (χ2n) is 4.54. The van der Waals surface area contributed by atoms with Crippen molar-refractivity contribution in [3.8, 4) is 0 Å². The van der Waals surface area contributed by atoms with Crippen molar-refractivity contribution in [1.29, 1.82) is 0 Å². The maximum atomic E-state index is 5.75. The summed E-state index contributed by atoms with van der Waals surface area (Å²) in [6, 6.07) is 10.4. The highest BCUT2D eigenvalue weighted by atomic mass is 16.5. The van der Waals surface area contributed by atoms with Gasteiger partial charge in [0.25, 0.3) is 0 Å². The Morgan fingerprint density at radius 2 is 2.12 bits per heavy atom. The Morgan fingerprint density at radius 3 is 2.88 bits per heavy atom. The van der Waals surface area contributed by atoms with E-state index >= 15 is 0 Å². The Hall–Kier alpha value is -0.900. The summed E-state index contributed by atoms with van der Waals surface area (Å²) in [4.78, 5) is 0. The molecule has 94 valence electrons. The standard InChI is InChI=1S/C14H21NO2/c1-12-9-15-10-14(17-12)11-16-8-7-13-5-3-2-4-6-13/h2-6,12,14-15H,7-11H2,1H3. The molecule has 0 aliphatic carbocycles. The molecule has 17 heavy (non-hydrogen) atoms. The molecule has 0 amide bonds. The van der Waals surface area contributed by atoms with Crippen LogP contribution in [0, 0.1) is 0 Å². The molecule has 3 heteroatoms. The summed E-state index contributed by atoms with van der Waals surface area (Å²) in [6.07, 6.45) is 1.47. The summed E-state index contributed by atoms with van der Waals surface area (Å²) in [5.74, 6) is 0. The van der Waals surface area contributed by atoms with Gasteiger partial charge < -0.3 is 14.8 Å². The fraction of sp³-hybridized carbons (Fsp3) is 0.571. The summed E-state index contributed by atoms with van der Waals surface area (Å²) in [6.45, 7) is 5.38. The van der Waals surface area contributed by atoms with Crippen molar-refractivity contribution in [1.82, 2.24) is 5.32 Å². The van der Waals surface area contributed by atoms with Crippen molar-refractivity contribution in [3.05, 3.63) is 35.9 Å². The van der Waals surface area contributed by atoms with E-state index in [9.17, 15) is 0 Å². The van der Waals surface area contributed by atoms with E-state index in [0.29, 0.717) is 12.7 Å². The molecule has 1 aliphatic heterocycles. The van der Waals surface area contributed by atoms with Crippen LogP contribution in [0.3, 0.4) is 0 Å². The van der Waals surface area contributed by atoms with Gasteiger partial charge in [-0.1, -0.05) is 30.3 Å². The first kappa shape index (κ1) is 12.6. The third-order valence-corrected chi connectivity index (χ3v) is 2.91. The van der Waals surface area contributed by atoms with Crippen LogP contribution in [0.1, 0.15) is 12.5 Å². The molecule has 1 heterocycles. The van der Waals surface area contributed by atoms with Gasteiger partial charge in [-0.05, 0) is 18.9 Å². The van der Waals surface area contributed by atoms with E-state index in [0.717, 1.165) is 26.1 Å². The zero-order chi connectivity index (χ0) is 11.9. The number of ether oxygens (including phenoxy) is 2. The van der Waals surface area contributed by atoms with Crippen LogP contribution in [0.15, 0.2) is 30.3 Å². The number of nitrogens with one attached hydrogen (secondary N) is 1. The van der Waals surface area contributed by atoms with Crippen LogP contribution < -0.4 is 5.32 Å². The normalized spacial score (nSPS) is 24.8. The average molecular weight is 235 g/mol. The van der Waals surface area contributed by atoms with E-state index in [2.05, 4.69) is 36.5 Å². The quantitative estimate of drug-likeness (QED) is 0.787. The summed E-state index contributed by atoms with van der Waals surface area (Å²) in [7, 11) is 0. The molecule has 2 unspecified atom stereocenters. The first-order chi connectivity index (χ1) is 8.34. The molecule has 0 aromatic heterocycles. The Morgan fingerprint density at radius 1 is 1.29 bits per heavy atom. The predicted octanol–water partition coefficient (Wildman–Crippen LogP) is 1.62. The minimum atomic E-state index is 0.203. The van der Waals surface area contributed by atoms with Crippen molar-refractivity contribution in [2.45, 2.75) is 25.6 Å². The van der Waals surface area contributed by atoms with Gasteiger partial charge in [0.05, 0.1) is 25.4 Å². The summed E-state index contributed by atoms with van der Waals surface area (Å²) in [5, 5.41) is 3.34. The maximum Gasteiger partial charge on any atom is 0.0936 e. The molecule has 1 aromatic carbocycles. The van der Waals surface area contributed by atoms with E-state index in [-0.39, 0.29) is 6.10 Å². The first-order valence-electron chi connectivity index (χ1n) is 6.32. The van der Waals surface area contributed by atoms with Crippen molar-refractivity contribution < 1.29 is 9.47 Å². The molecule has 1 fully saturated rings. The highest BCUT2D eigenvalue weighted by Gasteiger charge is 2.18. The van der Waals surface area contributed by atoms with Gasteiger partial charge in [0.2, 0.25) is 0 Å². The molecule has 2 rings (SSSR count). The van der Waals surface area contributed by atoms with Crippen molar-refractivity contribution >= 4 is 0 Å². The molecule has 0 saturated carbocycles. The number of hydrogen-bond donors (Lipinski definition) is 1. The van der Waals surface area contributed by atoms with Gasteiger partial charge in [-0.3, -0.25) is 0 Å². The minimum absolute atomic E-state index is 0.203. The molecule has 1 aromatic rings. The highest BCUT2D eigenvalue weighted by Crippen LogP contribution is 2.04. The zero-order valence-electron chi connectivity index (χ0n) is 10.4. The van der Waals surface area contributed by atoms with Gasteiger partial charge in [0.15, 0.2) is 0 Å². The molecule has 0 radical (unpaired) electrons. The fourth-order valence-electron chi connectivity index (χ4n) is 2.02. The molecule has 0 bridgehead atoms. The Kier molecular flexibility index (Phi) is 4.98. The number of morpholine rings is 1. The summed E-state index contributed by atoms with van der Waals surface area (Å²) >= 11 is 0. The SMILES string of the molecule is CC1CNCC(COCCc2ccccc2)O1. The largest absolute Gasteiger partial charge is 0.378 e. The van der Waals surface area contributed by atoms with Gasteiger partial charge in [-0.2, -0.15) is 0 Å². The van der Waals surface area contributed by atoms with Gasteiger partial charge in [0, 0.05) is 13.1 Å². The van der Waals surface area contributed by atoms with Crippen LogP contribution in [-0.4, -0.2) is 38.5 Å². The van der Waals surface area contributed by atoms with E-state index in [1.54, 1.807) is 0 Å². The van der Waals surface area contributed by atoms with Crippen LogP contribution in [0.5, 0.6) is 0 Å². The van der Waals surface area contributed by atoms with Gasteiger partial charge in [-0.25, -0.2) is 0 Å². The molecule has 1 saturated heterocycles. The lowest BCUT2D eigenvalue weighted by Crippen LogP contribution is -2.45. The van der Waals surface area contributed by atoms with Gasteiger partial charge >= 0.3 is 0 Å². The third kappa shape index (κ3) is 4.46. The molecule has 1 N–H and O–H groups in total. The molecule has 2 atom stereocenters. The lowest BCUT2D eigenvalue weighted by Gasteiger charge is -2.28. The maximum absolute atomic E-state index is 5.75. The highest BCUT2D eigenvalue weighted by molar-refractivity contribution is 5.14. The van der Waals surface area contributed by atoms with Crippen LogP contribution >= 0.6 is 0 Å². The zero-order valence-corrected chi connectivity index (χ0v) is 10.4. The average Bonchev–Trinajstić information content (AvgIpc) is 2.36. The summed E-state index contributed by atoms with van der Waals surface area (Å²) in [5.41, 5.74) is 1.32. The predicted molar refractivity (Wildman–Crippen MR) is 68.2 cm³/mol. The van der Waals surface area contributed by atoms with Crippen molar-refractivity contribution in [2.24, 2.45) is 0 Å². The monoisotopic (exact) mass is 235 g/mol. The number of hydrogen-bond acceptors (Lipinski definition) is 3. The fourth-order valence-corrected chi connectivity index (χ4v) is 2.02. The molecule has 1 aliphatic rings. The summed E-state index contributed by atoms with van der Waals surface area (Å²) < 4.78 is 11.4. The molecule has 0 spiro atoms. The molecule has 3 nitrogen and oxygen atoms in total. The van der Waals surface area contributed by atoms with Gasteiger partial charge in [-0.15, -0.1) is 0 Å². The Balaban J connectivity index is 1.60. The molecular formula is C14H21NO2. The topological polar surface area (TPSA) is 30.5 Å². The second kappa shape index (κ2) is 6.74. The number of rotatable bonds is 5. The van der Waals surface area contributed by atoms with Crippen molar-refractivity contribution in [3.63, 3.8) is 0 Å². The van der Waals surface area contributed by atoms with Crippen LogP contribution in [0.2, 0.25) is 0 Å². The third-order valence-electron chi connectivity index (χ3n) is 2.91. The van der Waals surface area contributed by atoms with E-state index in [1.807, 2.05) is 6.07 Å². The lowest BCUT2D eigenvalue weighted by molar-refractivity contribution is -0.0681. The van der Waals surface area contributed by atoms with Gasteiger partial charge in [0.1, 0.15) is 0 Å². The van der Waals surface area contributed by atoms with Crippen LogP contribution in [0.25, 0.3) is 0 Å².